The van der Waals surface area contributed by atoms with Crippen LogP contribution in [0.5, 0.6) is 0 Å². The first-order valence-corrected chi connectivity index (χ1v) is 10.3. The molecule has 4 N–H and O–H groups in total. The third-order valence-corrected chi connectivity index (χ3v) is 6.04. The zero-order valence-corrected chi connectivity index (χ0v) is 17.1. The average Bonchev–Trinajstić information content (AvgIpc) is 3.56. The molecule has 4 rings (SSSR count). The summed E-state index contributed by atoms with van der Waals surface area (Å²) in [5, 5.41) is 33.8. The van der Waals surface area contributed by atoms with E-state index in [2.05, 4.69) is 4.74 Å². The first-order chi connectivity index (χ1) is 13.8. The van der Waals surface area contributed by atoms with E-state index in [1.807, 2.05) is 13.8 Å². The molecule has 8 atom stereocenters. The van der Waals surface area contributed by atoms with Gasteiger partial charge in [0, 0.05) is 0 Å². The highest BCUT2D eigenvalue weighted by molar-refractivity contribution is 5.71. The van der Waals surface area contributed by atoms with Gasteiger partial charge in [-0.25, -0.2) is 0 Å². The number of fused-ring (bicyclic) bond motifs is 2. The minimum atomic E-state index is -0.661. The number of hydrogen-bond donors (Lipinski definition) is 4. The molecule has 2 aliphatic heterocycles. The maximum absolute atomic E-state index is 10.7. The van der Waals surface area contributed by atoms with Gasteiger partial charge in [-0.05, 0) is 37.5 Å². The quantitative estimate of drug-likeness (QED) is 0.362. The van der Waals surface area contributed by atoms with Gasteiger partial charge in [0.15, 0.2) is 0 Å². The Bertz CT molecular complexity index is 494. The minimum absolute atomic E-state index is 0.0278. The van der Waals surface area contributed by atoms with E-state index in [-0.39, 0.29) is 49.1 Å². The van der Waals surface area contributed by atoms with Crippen molar-refractivity contribution < 1.29 is 44.2 Å². The van der Waals surface area contributed by atoms with E-state index in [0.29, 0.717) is 25.4 Å². The largest absolute Gasteiger partial charge is 0.481 e. The number of aliphatic carboxylic acids is 2. The smallest absolute Gasteiger partial charge is 0.306 e. The molecule has 2 saturated carbocycles. The summed E-state index contributed by atoms with van der Waals surface area (Å²) < 4.78 is 15.2. The van der Waals surface area contributed by atoms with Crippen molar-refractivity contribution >= 4 is 11.9 Å². The molecule has 0 aromatic heterocycles. The van der Waals surface area contributed by atoms with E-state index < -0.39 is 11.9 Å². The molecule has 0 radical (unpaired) electrons. The molecule has 0 amide bonds. The summed E-state index contributed by atoms with van der Waals surface area (Å²) in [6, 6.07) is 0. The van der Waals surface area contributed by atoms with Crippen LogP contribution in [0, 0.1) is 23.7 Å². The number of carboxylic acid groups (broad SMARTS) is 2. The topological polar surface area (TPSA) is 149 Å². The summed E-state index contributed by atoms with van der Waals surface area (Å²) in [5.41, 5.74) is 0. The van der Waals surface area contributed by atoms with Gasteiger partial charge < -0.3 is 34.6 Å². The molecule has 0 aromatic rings. The maximum atomic E-state index is 10.7. The summed E-state index contributed by atoms with van der Waals surface area (Å²) in [7, 11) is 0. The Morgan fingerprint density at radius 1 is 0.759 bits per heavy atom. The number of epoxide rings is 2. The SMILES string of the molecule is CC1CC2OC2CC1C(=O)O.CC1CC2OC2CC1C(=O)O.OCCOCCO. The first kappa shape index (κ1) is 24.0. The molecule has 9 heteroatoms. The van der Waals surface area contributed by atoms with Crippen molar-refractivity contribution in [2.45, 2.75) is 63.9 Å². The molecule has 9 nitrogen and oxygen atoms in total. The lowest BCUT2D eigenvalue weighted by Crippen LogP contribution is -2.28. The van der Waals surface area contributed by atoms with Crippen LogP contribution in [0.3, 0.4) is 0 Å². The second kappa shape index (κ2) is 11.2. The molecular formula is C20H34O9. The predicted molar refractivity (Wildman–Crippen MR) is 101 cm³/mol. The molecular weight excluding hydrogens is 384 g/mol. The lowest BCUT2D eigenvalue weighted by Gasteiger charge is -2.21. The second-order valence-electron chi connectivity index (χ2n) is 8.27. The van der Waals surface area contributed by atoms with Crippen LogP contribution in [0.4, 0.5) is 0 Å². The molecule has 168 valence electrons. The van der Waals surface area contributed by atoms with E-state index in [4.69, 9.17) is 29.9 Å². The zero-order chi connectivity index (χ0) is 21.6. The molecule has 8 unspecified atom stereocenters. The number of aliphatic hydroxyl groups is 2. The fraction of sp³-hybridized carbons (Fsp3) is 0.900. The summed E-state index contributed by atoms with van der Waals surface area (Å²) >= 11 is 0. The van der Waals surface area contributed by atoms with Crippen molar-refractivity contribution in [3.8, 4) is 0 Å². The Labute approximate surface area is 171 Å². The Balaban J connectivity index is 0.000000161. The van der Waals surface area contributed by atoms with Gasteiger partial charge in [-0.3, -0.25) is 9.59 Å². The fourth-order valence-electron chi connectivity index (χ4n) is 4.13. The van der Waals surface area contributed by atoms with Crippen LogP contribution in [0.15, 0.2) is 0 Å². The molecule has 0 aromatic carbocycles. The molecule has 4 fully saturated rings. The van der Waals surface area contributed by atoms with Crippen LogP contribution in [0.2, 0.25) is 0 Å². The normalized spacial score (nSPS) is 38.8. The highest BCUT2D eigenvalue weighted by atomic mass is 16.6. The van der Waals surface area contributed by atoms with Crippen LogP contribution in [0.25, 0.3) is 0 Å². The van der Waals surface area contributed by atoms with Crippen LogP contribution in [0.1, 0.15) is 39.5 Å². The first-order valence-electron chi connectivity index (χ1n) is 10.3. The van der Waals surface area contributed by atoms with Crippen molar-refractivity contribution in [3.05, 3.63) is 0 Å². The number of rotatable bonds is 6. The summed E-state index contributed by atoms with van der Waals surface area (Å²) in [5.74, 6) is -1.08. The Morgan fingerprint density at radius 2 is 1.10 bits per heavy atom. The molecule has 2 saturated heterocycles. The molecule has 0 bridgehead atoms. The number of hydrogen-bond acceptors (Lipinski definition) is 7. The standard InChI is InChI=1S/2C8H12O3.C4H10O3/c2*1-4-2-6-7(11-6)3-5(4)8(9)10;5-1-3-7-4-2-6/h2*4-7H,2-3H2,1H3,(H,9,10);5-6H,1-4H2. The Morgan fingerprint density at radius 3 is 1.41 bits per heavy atom. The van der Waals surface area contributed by atoms with E-state index >= 15 is 0 Å². The van der Waals surface area contributed by atoms with Gasteiger partial charge in [-0.2, -0.15) is 0 Å². The minimum Gasteiger partial charge on any atom is -0.481 e. The molecule has 2 heterocycles. The van der Waals surface area contributed by atoms with Crippen molar-refractivity contribution in [2.24, 2.45) is 23.7 Å². The van der Waals surface area contributed by atoms with Crippen LogP contribution >= 0.6 is 0 Å². The third-order valence-electron chi connectivity index (χ3n) is 6.04. The van der Waals surface area contributed by atoms with Gasteiger partial charge >= 0.3 is 11.9 Å². The summed E-state index contributed by atoms with van der Waals surface area (Å²) in [6.45, 7) is 4.69. The number of carbonyl (C=O) groups is 2. The van der Waals surface area contributed by atoms with Crippen molar-refractivity contribution in [1.82, 2.24) is 0 Å². The lowest BCUT2D eigenvalue weighted by atomic mass is 9.81. The molecule has 4 aliphatic rings. The van der Waals surface area contributed by atoms with E-state index in [1.165, 1.54) is 0 Å². The van der Waals surface area contributed by atoms with Crippen molar-refractivity contribution in [3.63, 3.8) is 0 Å². The van der Waals surface area contributed by atoms with Gasteiger partial charge in [-0.15, -0.1) is 0 Å². The molecule has 29 heavy (non-hydrogen) atoms. The molecule has 2 aliphatic carbocycles. The van der Waals surface area contributed by atoms with E-state index in [0.717, 1.165) is 25.7 Å². The zero-order valence-electron chi connectivity index (χ0n) is 17.1. The Hall–Kier alpha value is -1.26. The highest BCUT2D eigenvalue weighted by Gasteiger charge is 2.49. The van der Waals surface area contributed by atoms with Gasteiger partial charge in [0.25, 0.3) is 0 Å². The number of ether oxygens (including phenoxy) is 3. The summed E-state index contributed by atoms with van der Waals surface area (Å²) in [6.07, 6.45) is 4.63. The fourth-order valence-corrected chi connectivity index (χ4v) is 4.13. The third kappa shape index (κ3) is 7.49. The van der Waals surface area contributed by atoms with Gasteiger partial charge in [0.05, 0.1) is 62.7 Å². The number of aliphatic hydroxyl groups excluding tert-OH is 2. The lowest BCUT2D eigenvalue weighted by molar-refractivity contribution is -0.145. The average molecular weight is 418 g/mol. The van der Waals surface area contributed by atoms with Gasteiger partial charge in [0.2, 0.25) is 0 Å². The predicted octanol–water partition coefficient (Wildman–Crippen LogP) is 0.757. The van der Waals surface area contributed by atoms with Gasteiger partial charge in [-0.1, -0.05) is 13.8 Å². The van der Waals surface area contributed by atoms with Crippen LogP contribution in [-0.2, 0) is 23.8 Å². The Kier molecular flexibility index (Phi) is 9.29. The van der Waals surface area contributed by atoms with Crippen LogP contribution in [-0.4, -0.2) is 83.2 Å². The van der Waals surface area contributed by atoms with Crippen molar-refractivity contribution in [1.29, 1.82) is 0 Å². The maximum Gasteiger partial charge on any atom is 0.306 e. The van der Waals surface area contributed by atoms with Crippen LogP contribution < -0.4 is 0 Å². The monoisotopic (exact) mass is 418 g/mol. The molecule has 0 spiro atoms. The van der Waals surface area contributed by atoms with Crippen molar-refractivity contribution in [2.75, 3.05) is 26.4 Å². The highest BCUT2D eigenvalue weighted by Crippen LogP contribution is 2.43. The van der Waals surface area contributed by atoms with E-state index in [9.17, 15) is 9.59 Å². The van der Waals surface area contributed by atoms with Gasteiger partial charge in [0.1, 0.15) is 0 Å². The summed E-state index contributed by atoms with van der Waals surface area (Å²) in [4.78, 5) is 21.3. The number of carboxylic acids is 2. The van der Waals surface area contributed by atoms with E-state index in [1.54, 1.807) is 0 Å². The second-order valence-corrected chi connectivity index (χ2v) is 8.27.